The monoisotopic (exact) mass is 258 g/mol. The van der Waals surface area contributed by atoms with Gasteiger partial charge in [-0.1, -0.05) is 31.9 Å². The van der Waals surface area contributed by atoms with E-state index >= 15 is 0 Å². The Morgan fingerprint density at radius 3 is 2.00 bits per heavy atom. The molecule has 0 saturated heterocycles. The van der Waals surface area contributed by atoms with Crippen molar-refractivity contribution in [3.8, 4) is 0 Å². The molecule has 0 fully saturated rings. The van der Waals surface area contributed by atoms with Crippen molar-refractivity contribution in [2.24, 2.45) is 0 Å². The van der Waals surface area contributed by atoms with E-state index in [1.54, 1.807) is 0 Å². The maximum Gasteiger partial charge on any atom is 0.160 e. The minimum absolute atomic E-state index is 0.0926. The van der Waals surface area contributed by atoms with Crippen molar-refractivity contribution in [2.75, 3.05) is 19.8 Å². The fourth-order valence-corrected chi connectivity index (χ4v) is 1.73. The fraction of sp³-hybridized carbons (Fsp3) is 0.867. The van der Waals surface area contributed by atoms with E-state index in [4.69, 9.17) is 14.2 Å². The van der Waals surface area contributed by atoms with Crippen LogP contribution >= 0.6 is 0 Å². The molecule has 0 aliphatic carbocycles. The van der Waals surface area contributed by atoms with E-state index in [1.165, 1.54) is 12.8 Å². The molecular formula is C15H30O3. The third kappa shape index (κ3) is 9.63. The molecule has 0 bridgehead atoms. The lowest BCUT2D eigenvalue weighted by Crippen LogP contribution is -2.24. The highest BCUT2D eigenvalue weighted by atomic mass is 16.7. The Morgan fingerprint density at radius 2 is 1.50 bits per heavy atom. The molecule has 108 valence electrons. The summed E-state index contributed by atoms with van der Waals surface area (Å²) in [5.74, 6) is 0. The Hall–Kier alpha value is -0.380. The molecule has 3 heteroatoms. The molecule has 0 rings (SSSR count). The molecule has 0 heterocycles. The maximum atomic E-state index is 5.70. The first-order valence-corrected chi connectivity index (χ1v) is 7.29. The van der Waals surface area contributed by atoms with Crippen LogP contribution in [-0.4, -0.2) is 32.2 Å². The second-order valence-corrected chi connectivity index (χ2v) is 4.14. The highest BCUT2D eigenvalue weighted by molar-refractivity contribution is 4.90. The van der Waals surface area contributed by atoms with Gasteiger partial charge in [0.05, 0.1) is 6.10 Å². The van der Waals surface area contributed by atoms with Crippen LogP contribution in [0.25, 0.3) is 0 Å². The molecule has 0 N–H and O–H groups in total. The summed E-state index contributed by atoms with van der Waals surface area (Å²) < 4.78 is 16.8. The van der Waals surface area contributed by atoms with E-state index in [9.17, 15) is 0 Å². The van der Waals surface area contributed by atoms with Gasteiger partial charge in [0.15, 0.2) is 6.29 Å². The largest absolute Gasteiger partial charge is 0.374 e. The predicted molar refractivity (Wildman–Crippen MR) is 75.7 cm³/mol. The zero-order valence-corrected chi connectivity index (χ0v) is 12.5. The first-order chi connectivity index (χ1) is 8.78. The molecule has 1 atom stereocenters. The molecular weight excluding hydrogens is 228 g/mol. The summed E-state index contributed by atoms with van der Waals surface area (Å²) in [5, 5.41) is 0. The van der Waals surface area contributed by atoms with Gasteiger partial charge in [-0.25, -0.2) is 0 Å². The summed E-state index contributed by atoms with van der Waals surface area (Å²) in [6, 6.07) is 0. The number of rotatable bonds is 12. The second-order valence-electron chi connectivity index (χ2n) is 4.14. The van der Waals surface area contributed by atoms with Crippen molar-refractivity contribution < 1.29 is 14.2 Å². The minimum atomic E-state index is -0.160. The molecule has 1 unspecified atom stereocenters. The molecule has 0 aliphatic rings. The SMILES string of the molecule is CCCC/C=C/C(CC(OCC)OCC)OCC. The van der Waals surface area contributed by atoms with Gasteiger partial charge in [0.2, 0.25) is 0 Å². The van der Waals surface area contributed by atoms with Gasteiger partial charge < -0.3 is 14.2 Å². The number of hydrogen-bond donors (Lipinski definition) is 0. The lowest BCUT2D eigenvalue weighted by Gasteiger charge is -2.21. The average molecular weight is 258 g/mol. The number of allylic oxidation sites excluding steroid dienone is 1. The third-order valence-electron chi connectivity index (χ3n) is 2.59. The van der Waals surface area contributed by atoms with Gasteiger partial charge in [-0.15, -0.1) is 0 Å². The molecule has 18 heavy (non-hydrogen) atoms. The molecule has 0 radical (unpaired) electrons. The Bertz CT molecular complexity index is 186. The van der Waals surface area contributed by atoms with E-state index in [-0.39, 0.29) is 12.4 Å². The Morgan fingerprint density at radius 1 is 0.889 bits per heavy atom. The predicted octanol–water partition coefficient (Wildman–Crippen LogP) is 3.93. The molecule has 0 amide bonds. The van der Waals surface area contributed by atoms with Crippen LogP contribution in [0, 0.1) is 0 Å². The van der Waals surface area contributed by atoms with Crippen LogP contribution in [0.1, 0.15) is 53.4 Å². The van der Waals surface area contributed by atoms with Crippen LogP contribution < -0.4 is 0 Å². The third-order valence-corrected chi connectivity index (χ3v) is 2.59. The van der Waals surface area contributed by atoms with Gasteiger partial charge in [-0.2, -0.15) is 0 Å². The molecule has 0 aromatic carbocycles. The van der Waals surface area contributed by atoms with Crippen molar-refractivity contribution in [2.45, 2.75) is 65.8 Å². The fourth-order valence-electron chi connectivity index (χ4n) is 1.73. The zero-order chi connectivity index (χ0) is 13.6. The lowest BCUT2D eigenvalue weighted by molar-refractivity contribution is -0.152. The Labute approximate surface area is 112 Å². The van der Waals surface area contributed by atoms with Crippen LogP contribution in [0.15, 0.2) is 12.2 Å². The van der Waals surface area contributed by atoms with Crippen LogP contribution in [0.3, 0.4) is 0 Å². The zero-order valence-electron chi connectivity index (χ0n) is 12.5. The lowest BCUT2D eigenvalue weighted by atomic mass is 10.2. The molecule has 0 aliphatic heterocycles. The van der Waals surface area contributed by atoms with E-state index in [0.29, 0.717) is 19.8 Å². The normalized spacial score (nSPS) is 13.6. The maximum absolute atomic E-state index is 5.70. The quantitative estimate of drug-likeness (QED) is 0.301. The van der Waals surface area contributed by atoms with Crippen LogP contribution in [0.5, 0.6) is 0 Å². The first kappa shape index (κ1) is 17.6. The first-order valence-electron chi connectivity index (χ1n) is 7.29. The smallest absolute Gasteiger partial charge is 0.160 e. The van der Waals surface area contributed by atoms with Gasteiger partial charge in [-0.3, -0.25) is 0 Å². The standard InChI is InChI=1S/C15H30O3/c1-5-9-10-11-12-14(16-6-2)13-15(17-7-3)18-8-4/h11-12,14-15H,5-10,13H2,1-4H3/b12-11+. The molecule has 0 saturated carbocycles. The minimum Gasteiger partial charge on any atom is -0.374 e. The van der Waals surface area contributed by atoms with Crippen molar-refractivity contribution in [1.82, 2.24) is 0 Å². The average Bonchev–Trinajstić information content (AvgIpc) is 2.35. The summed E-state index contributed by atoms with van der Waals surface area (Å²) in [7, 11) is 0. The molecule has 0 spiro atoms. The number of unbranched alkanes of at least 4 members (excludes halogenated alkanes) is 2. The number of hydrogen-bond acceptors (Lipinski definition) is 3. The number of ether oxygens (including phenoxy) is 3. The Balaban J connectivity index is 4.15. The summed E-state index contributed by atoms with van der Waals surface area (Å²) in [6.45, 7) is 10.2. The van der Waals surface area contributed by atoms with Gasteiger partial charge >= 0.3 is 0 Å². The van der Waals surface area contributed by atoms with Crippen LogP contribution in [0.4, 0.5) is 0 Å². The van der Waals surface area contributed by atoms with Gasteiger partial charge in [-0.05, 0) is 27.2 Å². The molecule has 3 nitrogen and oxygen atoms in total. The summed E-state index contributed by atoms with van der Waals surface area (Å²) >= 11 is 0. The molecule has 0 aromatic heterocycles. The van der Waals surface area contributed by atoms with Crippen molar-refractivity contribution in [3.05, 3.63) is 12.2 Å². The van der Waals surface area contributed by atoms with Crippen molar-refractivity contribution in [3.63, 3.8) is 0 Å². The Kier molecular flexibility index (Phi) is 12.8. The van der Waals surface area contributed by atoms with Crippen molar-refractivity contribution in [1.29, 1.82) is 0 Å². The van der Waals surface area contributed by atoms with Crippen LogP contribution in [-0.2, 0) is 14.2 Å². The molecule has 0 aromatic rings. The van der Waals surface area contributed by atoms with E-state index in [2.05, 4.69) is 19.1 Å². The van der Waals surface area contributed by atoms with Crippen LogP contribution in [0.2, 0.25) is 0 Å². The highest BCUT2D eigenvalue weighted by Gasteiger charge is 2.14. The topological polar surface area (TPSA) is 27.7 Å². The summed E-state index contributed by atoms with van der Waals surface area (Å²) in [6.07, 6.45) is 8.62. The van der Waals surface area contributed by atoms with Gasteiger partial charge in [0.1, 0.15) is 0 Å². The van der Waals surface area contributed by atoms with E-state index < -0.39 is 0 Å². The van der Waals surface area contributed by atoms with Crippen molar-refractivity contribution >= 4 is 0 Å². The van der Waals surface area contributed by atoms with E-state index in [0.717, 1.165) is 12.8 Å². The van der Waals surface area contributed by atoms with Gasteiger partial charge in [0, 0.05) is 26.2 Å². The summed E-state index contributed by atoms with van der Waals surface area (Å²) in [5.41, 5.74) is 0. The van der Waals surface area contributed by atoms with Gasteiger partial charge in [0.25, 0.3) is 0 Å². The summed E-state index contributed by atoms with van der Waals surface area (Å²) in [4.78, 5) is 0. The second kappa shape index (κ2) is 13.1. The highest BCUT2D eigenvalue weighted by Crippen LogP contribution is 2.11. The van der Waals surface area contributed by atoms with E-state index in [1.807, 2.05) is 20.8 Å².